The summed E-state index contributed by atoms with van der Waals surface area (Å²) in [6, 6.07) is 8.10. The van der Waals surface area contributed by atoms with E-state index in [4.69, 9.17) is 4.42 Å². The van der Waals surface area contributed by atoms with E-state index in [2.05, 4.69) is 5.32 Å². The van der Waals surface area contributed by atoms with Crippen LogP contribution in [0.2, 0.25) is 0 Å². The van der Waals surface area contributed by atoms with Gasteiger partial charge in [0.05, 0.1) is 0 Å². The maximum atomic E-state index is 12.6. The number of nitrogens with zero attached hydrogens (tertiary/aromatic N) is 1. The van der Waals surface area contributed by atoms with Crippen molar-refractivity contribution >= 4 is 29.3 Å². The minimum Gasteiger partial charge on any atom is -0.451 e. The average Bonchev–Trinajstić information content (AvgIpc) is 2.84. The number of aryl methyl sites for hydroxylation is 1. The summed E-state index contributed by atoms with van der Waals surface area (Å²) in [5, 5.41) is 4.34. The minimum atomic E-state index is -0.00870. The van der Waals surface area contributed by atoms with E-state index >= 15 is 0 Å². The molecular formula is C16H21ClN2O2. The molecule has 1 saturated heterocycles. The van der Waals surface area contributed by atoms with E-state index in [1.54, 1.807) is 0 Å². The maximum absolute atomic E-state index is 12.6. The van der Waals surface area contributed by atoms with Crippen LogP contribution in [-0.4, -0.2) is 37.0 Å². The van der Waals surface area contributed by atoms with Crippen molar-refractivity contribution in [2.75, 3.05) is 20.1 Å². The van der Waals surface area contributed by atoms with Gasteiger partial charge in [0, 0.05) is 24.0 Å². The predicted molar refractivity (Wildman–Crippen MR) is 86.2 cm³/mol. The SMILES string of the molecule is Cc1c(C(=O)N(C)C2CCNCC2)oc2ccccc12.Cl. The number of fused-ring (bicyclic) bond motifs is 1. The molecule has 1 aromatic heterocycles. The van der Waals surface area contributed by atoms with Crippen molar-refractivity contribution < 1.29 is 9.21 Å². The molecular weight excluding hydrogens is 288 g/mol. The minimum absolute atomic E-state index is 0. The first-order valence-corrected chi connectivity index (χ1v) is 7.14. The van der Waals surface area contributed by atoms with E-state index in [1.807, 2.05) is 43.1 Å². The average molecular weight is 309 g/mol. The molecule has 0 saturated carbocycles. The Hall–Kier alpha value is -1.52. The van der Waals surface area contributed by atoms with Gasteiger partial charge in [0.1, 0.15) is 5.58 Å². The number of hydrogen-bond donors (Lipinski definition) is 1. The molecule has 114 valence electrons. The van der Waals surface area contributed by atoms with Crippen LogP contribution in [0.25, 0.3) is 11.0 Å². The number of hydrogen-bond acceptors (Lipinski definition) is 3. The topological polar surface area (TPSA) is 45.5 Å². The standard InChI is InChI=1S/C16H20N2O2.ClH/c1-11-13-5-3-4-6-14(13)20-15(11)16(19)18(2)12-7-9-17-10-8-12;/h3-6,12,17H,7-10H2,1-2H3;1H. The Morgan fingerprint density at radius 2 is 1.95 bits per heavy atom. The van der Waals surface area contributed by atoms with Gasteiger partial charge in [-0.1, -0.05) is 18.2 Å². The lowest BCUT2D eigenvalue weighted by molar-refractivity contribution is 0.0672. The Labute approximate surface area is 130 Å². The number of halogens is 1. The number of amides is 1. The molecule has 2 aromatic rings. The zero-order valence-electron chi connectivity index (χ0n) is 12.4. The molecule has 0 radical (unpaired) electrons. The maximum Gasteiger partial charge on any atom is 0.289 e. The summed E-state index contributed by atoms with van der Waals surface area (Å²) >= 11 is 0. The molecule has 1 aliphatic rings. The van der Waals surface area contributed by atoms with E-state index in [-0.39, 0.29) is 18.3 Å². The van der Waals surface area contributed by atoms with Crippen LogP contribution >= 0.6 is 12.4 Å². The van der Waals surface area contributed by atoms with Gasteiger partial charge in [-0.15, -0.1) is 12.4 Å². The third-order valence-corrected chi connectivity index (χ3v) is 4.21. The molecule has 2 heterocycles. The number of rotatable bonds is 2. The fourth-order valence-electron chi connectivity index (χ4n) is 2.90. The second-order valence-electron chi connectivity index (χ2n) is 5.45. The van der Waals surface area contributed by atoms with Crippen LogP contribution in [-0.2, 0) is 0 Å². The fraction of sp³-hybridized carbons (Fsp3) is 0.438. The molecule has 5 heteroatoms. The van der Waals surface area contributed by atoms with Crippen LogP contribution in [0, 0.1) is 6.92 Å². The van der Waals surface area contributed by atoms with Crippen LogP contribution in [0.5, 0.6) is 0 Å². The van der Waals surface area contributed by atoms with Crippen molar-refractivity contribution in [1.82, 2.24) is 10.2 Å². The summed E-state index contributed by atoms with van der Waals surface area (Å²) in [5.74, 6) is 0.470. The fourth-order valence-corrected chi connectivity index (χ4v) is 2.90. The molecule has 0 unspecified atom stereocenters. The number of para-hydroxylation sites is 1. The molecule has 21 heavy (non-hydrogen) atoms. The lowest BCUT2D eigenvalue weighted by Crippen LogP contribution is -2.44. The van der Waals surface area contributed by atoms with Crippen molar-refractivity contribution in [3.63, 3.8) is 0 Å². The van der Waals surface area contributed by atoms with Crippen LogP contribution in [0.1, 0.15) is 29.0 Å². The van der Waals surface area contributed by atoms with E-state index in [9.17, 15) is 4.79 Å². The molecule has 0 aliphatic carbocycles. The van der Waals surface area contributed by atoms with Gasteiger partial charge in [-0.3, -0.25) is 4.79 Å². The van der Waals surface area contributed by atoms with Gasteiger partial charge in [-0.2, -0.15) is 0 Å². The Balaban J connectivity index is 0.00000161. The monoisotopic (exact) mass is 308 g/mol. The number of piperidine rings is 1. The van der Waals surface area contributed by atoms with Crippen molar-refractivity contribution in [3.8, 4) is 0 Å². The first-order chi connectivity index (χ1) is 9.68. The van der Waals surface area contributed by atoms with Gasteiger partial charge in [-0.25, -0.2) is 0 Å². The van der Waals surface area contributed by atoms with Crippen LogP contribution in [0.15, 0.2) is 28.7 Å². The number of nitrogens with one attached hydrogen (secondary N) is 1. The third-order valence-electron chi connectivity index (χ3n) is 4.21. The lowest BCUT2D eigenvalue weighted by Gasteiger charge is -2.31. The van der Waals surface area contributed by atoms with Gasteiger partial charge in [0.2, 0.25) is 0 Å². The van der Waals surface area contributed by atoms with Crippen molar-refractivity contribution in [2.45, 2.75) is 25.8 Å². The number of benzene rings is 1. The van der Waals surface area contributed by atoms with Gasteiger partial charge in [0.15, 0.2) is 5.76 Å². The second kappa shape index (κ2) is 6.50. The van der Waals surface area contributed by atoms with Crippen LogP contribution in [0.4, 0.5) is 0 Å². The molecule has 1 aliphatic heterocycles. The highest BCUT2D eigenvalue weighted by Crippen LogP contribution is 2.26. The third kappa shape index (κ3) is 2.92. The summed E-state index contributed by atoms with van der Waals surface area (Å²) < 4.78 is 5.77. The number of carbonyl (C=O) groups excluding carboxylic acids is 1. The summed E-state index contributed by atoms with van der Waals surface area (Å²) in [6.07, 6.45) is 2.00. The van der Waals surface area contributed by atoms with Crippen LogP contribution < -0.4 is 5.32 Å². The predicted octanol–water partition coefficient (Wildman–Crippen LogP) is 2.99. The number of carbonyl (C=O) groups is 1. The molecule has 1 amide bonds. The Kier molecular flexibility index (Phi) is 4.91. The zero-order valence-corrected chi connectivity index (χ0v) is 13.2. The molecule has 3 rings (SSSR count). The largest absolute Gasteiger partial charge is 0.451 e. The Morgan fingerprint density at radius 3 is 2.62 bits per heavy atom. The summed E-state index contributed by atoms with van der Waals surface area (Å²) in [5.41, 5.74) is 1.72. The molecule has 0 atom stereocenters. The molecule has 1 N–H and O–H groups in total. The summed E-state index contributed by atoms with van der Waals surface area (Å²) in [4.78, 5) is 14.5. The molecule has 0 spiro atoms. The second-order valence-corrected chi connectivity index (χ2v) is 5.45. The van der Waals surface area contributed by atoms with Gasteiger partial charge in [-0.05, 0) is 38.9 Å². The quantitative estimate of drug-likeness (QED) is 0.927. The molecule has 1 fully saturated rings. The van der Waals surface area contributed by atoms with Crippen LogP contribution in [0.3, 0.4) is 0 Å². The first-order valence-electron chi connectivity index (χ1n) is 7.14. The Morgan fingerprint density at radius 1 is 1.29 bits per heavy atom. The zero-order chi connectivity index (χ0) is 14.1. The molecule has 0 bridgehead atoms. The van der Waals surface area contributed by atoms with E-state index < -0.39 is 0 Å². The lowest BCUT2D eigenvalue weighted by atomic mass is 10.0. The summed E-state index contributed by atoms with van der Waals surface area (Å²) in [7, 11) is 1.88. The van der Waals surface area contributed by atoms with Crippen molar-refractivity contribution in [3.05, 3.63) is 35.6 Å². The first kappa shape index (κ1) is 15.9. The normalized spacial score (nSPS) is 15.7. The van der Waals surface area contributed by atoms with E-state index in [0.717, 1.165) is 42.5 Å². The van der Waals surface area contributed by atoms with Crippen molar-refractivity contribution in [2.24, 2.45) is 0 Å². The highest BCUT2D eigenvalue weighted by molar-refractivity contribution is 5.98. The smallest absolute Gasteiger partial charge is 0.289 e. The molecule has 4 nitrogen and oxygen atoms in total. The molecule has 1 aromatic carbocycles. The van der Waals surface area contributed by atoms with E-state index in [0.29, 0.717) is 11.8 Å². The van der Waals surface area contributed by atoms with E-state index in [1.165, 1.54) is 0 Å². The van der Waals surface area contributed by atoms with Gasteiger partial charge >= 0.3 is 0 Å². The highest BCUT2D eigenvalue weighted by atomic mass is 35.5. The number of furan rings is 1. The van der Waals surface area contributed by atoms with Gasteiger partial charge < -0.3 is 14.6 Å². The van der Waals surface area contributed by atoms with Crippen molar-refractivity contribution in [1.29, 1.82) is 0 Å². The highest BCUT2D eigenvalue weighted by Gasteiger charge is 2.26. The Bertz CT molecular complexity index is 632. The summed E-state index contributed by atoms with van der Waals surface area (Å²) in [6.45, 7) is 3.90. The van der Waals surface area contributed by atoms with Gasteiger partial charge in [0.25, 0.3) is 5.91 Å².